The van der Waals surface area contributed by atoms with Crippen molar-refractivity contribution in [2.24, 2.45) is 0 Å². The van der Waals surface area contributed by atoms with E-state index >= 15 is 0 Å². The highest BCUT2D eigenvalue weighted by atomic mass is 16.5. The molecule has 0 fully saturated rings. The van der Waals surface area contributed by atoms with E-state index in [1.807, 2.05) is 13.0 Å². The van der Waals surface area contributed by atoms with Gasteiger partial charge in [0, 0.05) is 7.11 Å². The van der Waals surface area contributed by atoms with Gasteiger partial charge in [-0.05, 0) is 26.0 Å². The smallest absolute Gasteiger partial charge is 0.356 e. The standard InChI is InChI=1S/C11H15NO3/c1-4-15-11(13)10-7-5-6-9(12-10)8(2)14-3/h5-8H,4H2,1-3H3. The van der Waals surface area contributed by atoms with E-state index in [1.54, 1.807) is 26.2 Å². The Balaban J connectivity index is 2.87. The van der Waals surface area contributed by atoms with Crippen molar-refractivity contribution in [3.63, 3.8) is 0 Å². The summed E-state index contributed by atoms with van der Waals surface area (Å²) in [7, 11) is 1.60. The Kier molecular flexibility index (Phi) is 4.24. The lowest BCUT2D eigenvalue weighted by molar-refractivity contribution is 0.0517. The molecule has 15 heavy (non-hydrogen) atoms. The van der Waals surface area contributed by atoms with Crippen LogP contribution < -0.4 is 0 Å². The van der Waals surface area contributed by atoms with Crippen LogP contribution in [0.2, 0.25) is 0 Å². The fourth-order valence-electron chi connectivity index (χ4n) is 1.12. The summed E-state index contributed by atoms with van der Waals surface area (Å²) in [5.41, 5.74) is 1.04. The molecule has 0 aromatic carbocycles. The maximum absolute atomic E-state index is 11.4. The van der Waals surface area contributed by atoms with Crippen LogP contribution in [-0.4, -0.2) is 24.7 Å². The summed E-state index contributed by atoms with van der Waals surface area (Å²) in [6, 6.07) is 5.21. The average Bonchev–Trinajstić information content (AvgIpc) is 2.28. The Morgan fingerprint density at radius 2 is 2.27 bits per heavy atom. The molecule has 0 aliphatic rings. The maximum atomic E-state index is 11.4. The van der Waals surface area contributed by atoms with E-state index in [0.29, 0.717) is 12.3 Å². The molecule has 0 bridgehead atoms. The van der Waals surface area contributed by atoms with Crippen LogP contribution in [0.3, 0.4) is 0 Å². The second-order valence-corrected chi connectivity index (χ2v) is 3.05. The number of carbonyl (C=O) groups is 1. The highest BCUT2D eigenvalue weighted by Gasteiger charge is 2.11. The van der Waals surface area contributed by atoms with Crippen LogP contribution in [0.25, 0.3) is 0 Å². The summed E-state index contributed by atoms with van der Waals surface area (Å²) in [4.78, 5) is 15.5. The van der Waals surface area contributed by atoms with Crippen LogP contribution in [0.1, 0.15) is 36.1 Å². The van der Waals surface area contributed by atoms with Crippen LogP contribution in [0.15, 0.2) is 18.2 Å². The minimum atomic E-state index is -0.400. The zero-order valence-corrected chi connectivity index (χ0v) is 9.19. The van der Waals surface area contributed by atoms with E-state index in [9.17, 15) is 4.79 Å². The quantitative estimate of drug-likeness (QED) is 0.711. The first-order chi connectivity index (χ1) is 7.19. The molecule has 1 unspecified atom stereocenters. The van der Waals surface area contributed by atoms with E-state index in [-0.39, 0.29) is 6.10 Å². The van der Waals surface area contributed by atoms with Crippen LogP contribution in [0.4, 0.5) is 0 Å². The Labute approximate surface area is 89.2 Å². The molecule has 4 heteroatoms. The van der Waals surface area contributed by atoms with Gasteiger partial charge in [-0.2, -0.15) is 0 Å². The van der Waals surface area contributed by atoms with Crippen molar-refractivity contribution in [3.05, 3.63) is 29.6 Å². The van der Waals surface area contributed by atoms with Crippen LogP contribution in [0, 0.1) is 0 Å². The number of nitrogens with zero attached hydrogens (tertiary/aromatic N) is 1. The third kappa shape index (κ3) is 3.02. The van der Waals surface area contributed by atoms with E-state index < -0.39 is 5.97 Å². The predicted octanol–water partition coefficient (Wildman–Crippen LogP) is 1.97. The number of ether oxygens (including phenoxy) is 2. The third-order valence-electron chi connectivity index (χ3n) is 2.03. The van der Waals surface area contributed by atoms with Gasteiger partial charge in [0.1, 0.15) is 5.69 Å². The molecule has 1 aromatic rings. The van der Waals surface area contributed by atoms with Crippen molar-refractivity contribution in [2.45, 2.75) is 20.0 Å². The third-order valence-corrected chi connectivity index (χ3v) is 2.03. The molecule has 1 atom stereocenters. The summed E-state index contributed by atoms with van der Waals surface area (Å²) in [6.07, 6.45) is -0.126. The van der Waals surface area contributed by atoms with Gasteiger partial charge in [0.2, 0.25) is 0 Å². The largest absolute Gasteiger partial charge is 0.461 e. The highest BCUT2D eigenvalue weighted by molar-refractivity contribution is 5.87. The molecule has 82 valence electrons. The number of carbonyl (C=O) groups excluding carboxylic acids is 1. The van der Waals surface area contributed by atoms with Crippen molar-refractivity contribution < 1.29 is 14.3 Å². The van der Waals surface area contributed by atoms with Gasteiger partial charge in [-0.3, -0.25) is 0 Å². The lowest BCUT2D eigenvalue weighted by atomic mass is 10.2. The number of pyridine rings is 1. The molecule has 0 amide bonds. The van der Waals surface area contributed by atoms with Gasteiger partial charge >= 0.3 is 5.97 Å². The molecule has 0 spiro atoms. The lowest BCUT2D eigenvalue weighted by Crippen LogP contribution is -2.09. The summed E-state index contributed by atoms with van der Waals surface area (Å²) < 4.78 is 9.97. The van der Waals surface area contributed by atoms with Gasteiger partial charge in [-0.25, -0.2) is 9.78 Å². The van der Waals surface area contributed by atoms with Crippen molar-refractivity contribution >= 4 is 5.97 Å². The molecule has 0 saturated heterocycles. The monoisotopic (exact) mass is 209 g/mol. The first-order valence-electron chi connectivity index (χ1n) is 4.86. The van der Waals surface area contributed by atoms with E-state index in [1.165, 1.54) is 0 Å². The molecular weight excluding hydrogens is 194 g/mol. The van der Waals surface area contributed by atoms with Gasteiger partial charge < -0.3 is 9.47 Å². The molecule has 1 heterocycles. The molecule has 0 radical (unpaired) electrons. The predicted molar refractivity (Wildman–Crippen MR) is 55.6 cm³/mol. The highest BCUT2D eigenvalue weighted by Crippen LogP contribution is 2.13. The number of esters is 1. The summed E-state index contributed by atoms with van der Waals surface area (Å²) in [6.45, 7) is 3.99. The molecule has 0 saturated carbocycles. The molecular formula is C11H15NO3. The van der Waals surface area contributed by atoms with Crippen LogP contribution in [-0.2, 0) is 9.47 Å². The fourth-order valence-corrected chi connectivity index (χ4v) is 1.12. The van der Waals surface area contributed by atoms with E-state index in [2.05, 4.69) is 4.98 Å². The number of rotatable bonds is 4. The second kappa shape index (κ2) is 5.46. The topological polar surface area (TPSA) is 48.4 Å². The van der Waals surface area contributed by atoms with Gasteiger partial charge in [-0.1, -0.05) is 6.07 Å². The zero-order valence-electron chi connectivity index (χ0n) is 9.19. The van der Waals surface area contributed by atoms with Gasteiger partial charge in [0.15, 0.2) is 0 Å². The van der Waals surface area contributed by atoms with Crippen molar-refractivity contribution in [3.8, 4) is 0 Å². The lowest BCUT2D eigenvalue weighted by Gasteiger charge is -2.09. The molecule has 4 nitrogen and oxygen atoms in total. The van der Waals surface area contributed by atoms with Crippen molar-refractivity contribution in [1.82, 2.24) is 4.98 Å². The Morgan fingerprint density at radius 1 is 1.53 bits per heavy atom. The zero-order chi connectivity index (χ0) is 11.3. The summed E-state index contributed by atoms with van der Waals surface area (Å²) in [5.74, 6) is -0.400. The average molecular weight is 209 g/mol. The Morgan fingerprint density at radius 3 is 2.87 bits per heavy atom. The first-order valence-corrected chi connectivity index (χ1v) is 4.86. The molecule has 0 aliphatic heterocycles. The van der Waals surface area contributed by atoms with E-state index in [4.69, 9.17) is 9.47 Å². The van der Waals surface area contributed by atoms with Crippen LogP contribution >= 0.6 is 0 Å². The first kappa shape index (κ1) is 11.7. The Bertz CT molecular complexity index is 338. The second-order valence-electron chi connectivity index (χ2n) is 3.05. The molecule has 1 rings (SSSR count). The van der Waals surface area contributed by atoms with Crippen LogP contribution in [0.5, 0.6) is 0 Å². The minimum Gasteiger partial charge on any atom is -0.461 e. The summed E-state index contributed by atoms with van der Waals surface area (Å²) >= 11 is 0. The number of hydrogen-bond donors (Lipinski definition) is 0. The normalized spacial score (nSPS) is 12.2. The SMILES string of the molecule is CCOC(=O)c1cccc(C(C)OC)n1. The van der Waals surface area contributed by atoms with Gasteiger partial charge in [0.25, 0.3) is 0 Å². The van der Waals surface area contributed by atoms with Gasteiger partial charge in [-0.15, -0.1) is 0 Å². The number of hydrogen-bond acceptors (Lipinski definition) is 4. The molecule has 0 aliphatic carbocycles. The molecule has 1 aromatic heterocycles. The maximum Gasteiger partial charge on any atom is 0.356 e. The van der Waals surface area contributed by atoms with Gasteiger partial charge in [0.05, 0.1) is 18.4 Å². The van der Waals surface area contributed by atoms with Crippen molar-refractivity contribution in [1.29, 1.82) is 0 Å². The molecule has 0 N–H and O–H groups in total. The fraction of sp³-hybridized carbons (Fsp3) is 0.455. The number of aromatic nitrogens is 1. The minimum absolute atomic E-state index is 0.126. The Hall–Kier alpha value is -1.42. The van der Waals surface area contributed by atoms with Crippen molar-refractivity contribution in [2.75, 3.05) is 13.7 Å². The number of methoxy groups -OCH3 is 1. The van der Waals surface area contributed by atoms with E-state index in [0.717, 1.165) is 5.69 Å². The summed E-state index contributed by atoms with van der Waals surface area (Å²) in [5, 5.41) is 0.